The van der Waals surface area contributed by atoms with E-state index in [1.54, 1.807) is 36.4 Å². The number of hydrogen-bond acceptors (Lipinski definition) is 5. The Morgan fingerprint density at radius 2 is 1.48 bits per heavy atom. The smallest absolute Gasteiger partial charge is 0.255 e. The summed E-state index contributed by atoms with van der Waals surface area (Å²) in [4.78, 5) is 24.8. The summed E-state index contributed by atoms with van der Waals surface area (Å²) in [5, 5.41) is 5.59. The van der Waals surface area contributed by atoms with E-state index >= 15 is 0 Å². The number of ether oxygens (including phenoxy) is 3. The zero-order valence-electron chi connectivity index (χ0n) is 16.1. The second kappa shape index (κ2) is 8.93. The van der Waals surface area contributed by atoms with Crippen LogP contribution in [0.4, 0.5) is 5.69 Å². The van der Waals surface area contributed by atoms with Crippen molar-refractivity contribution in [1.29, 1.82) is 0 Å². The summed E-state index contributed by atoms with van der Waals surface area (Å²) in [7, 11) is 4.46. The largest absolute Gasteiger partial charge is 0.493 e. The fourth-order valence-electron chi connectivity index (χ4n) is 2.50. The zero-order valence-corrected chi connectivity index (χ0v) is 16.1. The maximum absolute atomic E-state index is 12.6. The average Bonchev–Trinajstić information content (AvgIpc) is 2.66. The summed E-state index contributed by atoms with van der Waals surface area (Å²) in [5.74, 6) is 0.604. The predicted octanol–water partition coefficient (Wildman–Crippen LogP) is 3.10. The SMILES string of the molecule is COc1cc(C(=O)Nc2cccc(C(=O)NC(C)C)c2)cc(OC)c1OC. The molecule has 0 unspecified atom stereocenters. The summed E-state index contributed by atoms with van der Waals surface area (Å²) in [5.41, 5.74) is 1.30. The molecule has 0 fully saturated rings. The minimum atomic E-state index is -0.365. The van der Waals surface area contributed by atoms with Crippen LogP contribution < -0.4 is 24.8 Å². The number of carbonyl (C=O) groups is 2. The van der Waals surface area contributed by atoms with Crippen LogP contribution >= 0.6 is 0 Å². The molecule has 144 valence electrons. The van der Waals surface area contributed by atoms with E-state index in [-0.39, 0.29) is 17.9 Å². The lowest BCUT2D eigenvalue weighted by atomic mass is 10.1. The maximum Gasteiger partial charge on any atom is 0.255 e. The molecule has 0 bridgehead atoms. The lowest BCUT2D eigenvalue weighted by molar-refractivity contribution is 0.0941. The molecule has 2 amide bonds. The standard InChI is InChI=1S/C20H24N2O5/c1-12(2)21-19(23)13-7-6-8-15(9-13)22-20(24)14-10-16(25-3)18(27-5)17(11-14)26-4/h6-12H,1-5H3,(H,21,23)(H,22,24). The Kier molecular flexibility index (Phi) is 6.65. The van der Waals surface area contributed by atoms with Crippen molar-refractivity contribution in [3.05, 3.63) is 47.5 Å². The number of hydrogen-bond donors (Lipinski definition) is 2. The van der Waals surface area contributed by atoms with E-state index < -0.39 is 0 Å². The number of anilines is 1. The molecule has 0 heterocycles. The first-order valence-corrected chi connectivity index (χ1v) is 8.41. The van der Waals surface area contributed by atoms with Gasteiger partial charge in [0.2, 0.25) is 5.75 Å². The Morgan fingerprint density at radius 3 is 2.00 bits per heavy atom. The van der Waals surface area contributed by atoms with Gasteiger partial charge in [-0.15, -0.1) is 0 Å². The molecule has 0 aromatic heterocycles. The molecule has 7 heteroatoms. The lowest BCUT2D eigenvalue weighted by Gasteiger charge is -2.14. The van der Waals surface area contributed by atoms with Gasteiger partial charge in [0, 0.05) is 22.9 Å². The number of carbonyl (C=O) groups excluding carboxylic acids is 2. The Balaban J connectivity index is 2.26. The minimum Gasteiger partial charge on any atom is -0.493 e. The second-order valence-electron chi connectivity index (χ2n) is 6.08. The highest BCUT2D eigenvalue weighted by Crippen LogP contribution is 2.38. The first-order chi connectivity index (χ1) is 12.9. The van der Waals surface area contributed by atoms with E-state index in [1.807, 2.05) is 13.8 Å². The van der Waals surface area contributed by atoms with Crippen molar-refractivity contribution in [2.24, 2.45) is 0 Å². The average molecular weight is 372 g/mol. The number of methoxy groups -OCH3 is 3. The van der Waals surface area contributed by atoms with E-state index in [2.05, 4.69) is 10.6 Å². The third-order valence-corrected chi connectivity index (χ3v) is 3.73. The van der Waals surface area contributed by atoms with E-state index in [0.29, 0.717) is 34.1 Å². The monoisotopic (exact) mass is 372 g/mol. The fraction of sp³-hybridized carbons (Fsp3) is 0.300. The molecule has 0 saturated carbocycles. The van der Waals surface area contributed by atoms with Gasteiger partial charge < -0.3 is 24.8 Å². The Labute approximate surface area is 158 Å². The van der Waals surface area contributed by atoms with Crippen LogP contribution in [0.2, 0.25) is 0 Å². The van der Waals surface area contributed by atoms with Gasteiger partial charge in [0.1, 0.15) is 0 Å². The molecule has 2 N–H and O–H groups in total. The van der Waals surface area contributed by atoms with E-state index in [0.717, 1.165) is 0 Å². The summed E-state index contributed by atoms with van der Waals surface area (Å²) in [6, 6.07) is 9.87. The summed E-state index contributed by atoms with van der Waals surface area (Å²) < 4.78 is 15.8. The Morgan fingerprint density at radius 1 is 0.852 bits per heavy atom. The van der Waals surface area contributed by atoms with E-state index in [9.17, 15) is 9.59 Å². The predicted molar refractivity (Wildman–Crippen MR) is 103 cm³/mol. The van der Waals surface area contributed by atoms with Crippen LogP contribution in [0.15, 0.2) is 36.4 Å². The van der Waals surface area contributed by atoms with Gasteiger partial charge in [0.05, 0.1) is 21.3 Å². The number of benzene rings is 2. The molecule has 0 aliphatic rings. The van der Waals surface area contributed by atoms with Crippen LogP contribution in [-0.4, -0.2) is 39.2 Å². The minimum absolute atomic E-state index is 0.0231. The molecule has 2 rings (SSSR count). The number of nitrogens with one attached hydrogen (secondary N) is 2. The van der Waals surface area contributed by atoms with Crippen LogP contribution in [0, 0.1) is 0 Å². The second-order valence-corrected chi connectivity index (χ2v) is 6.08. The molecule has 0 aliphatic carbocycles. The van der Waals surface area contributed by atoms with Gasteiger partial charge >= 0.3 is 0 Å². The molecule has 0 radical (unpaired) electrons. The topological polar surface area (TPSA) is 85.9 Å². The Hall–Kier alpha value is -3.22. The first-order valence-electron chi connectivity index (χ1n) is 8.41. The number of amides is 2. The molecule has 2 aromatic carbocycles. The fourth-order valence-corrected chi connectivity index (χ4v) is 2.50. The van der Waals surface area contributed by atoms with Gasteiger partial charge in [-0.2, -0.15) is 0 Å². The molecule has 2 aromatic rings. The molecule has 0 aliphatic heterocycles. The van der Waals surface area contributed by atoms with Crippen molar-refractivity contribution < 1.29 is 23.8 Å². The van der Waals surface area contributed by atoms with Crippen LogP contribution in [0.3, 0.4) is 0 Å². The van der Waals surface area contributed by atoms with Crippen molar-refractivity contribution in [2.45, 2.75) is 19.9 Å². The van der Waals surface area contributed by atoms with Gasteiger partial charge in [-0.3, -0.25) is 9.59 Å². The highest BCUT2D eigenvalue weighted by molar-refractivity contribution is 6.06. The van der Waals surface area contributed by atoms with Crippen molar-refractivity contribution in [3.8, 4) is 17.2 Å². The van der Waals surface area contributed by atoms with Gasteiger partial charge in [-0.25, -0.2) is 0 Å². The van der Waals surface area contributed by atoms with Gasteiger partial charge in [-0.05, 0) is 44.2 Å². The van der Waals surface area contributed by atoms with Crippen LogP contribution in [-0.2, 0) is 0 Å². The quantitative estimate of drug-likeness (QED) is 0.780. The van der Waals surface area contributed by atoms with Crippen molar-refractivity contribution >= 4 is 17.5 Å². The zero-order chi connectivity index (χ0) is 20.0. The normalized spacial score (nSPS) is 10.3. The summed E-state index contributed by atoms with van der Waals surface area (Å²) in [6.07, 6.45) is 0. The summed E-state index contributed by atoms with van der Waals surface area (Å²) in [6.45, 7) is 3.77. The van der Waals surface area contributed by atoms with Crippen molar-refractivity contribution in [3.63, 3.8) is 0 Å². The third-order valence-electron chi connectivity index (χ3n) is 3.73. The third kappa shape index (κ3) is 4.91. The molecule has 27 heavy (non-hydrogen) atoms. The van der Waals surface area contributed by atoms with Gasteiger partial charge in [0.15, 0.2) is 11.5 Å². The molecule has 7 nitrogen and oxygen atoms in total. The van der Waals surface area contributed by atoms with E-state index in [1.165, 1.54) is 21.3 Å². The highest BCUT2D eigenvalue weighted by atomic mass is 16.5. The Bertz CT molecular complexity index is 808. The van der Waals surface area contributed by atoms with Crippen LogP contribution in [0.5, 0.6) is 17.2 Å². The van der Waals surface area contributed by atoms with Crippen molar-refractivity contribution in [2.75, 3.05) is 26.6 Å². The van der Waals surface area contributed by atoms with Crippen LogP contribution in [0.1, 0.15) is 34.6 Å². The molecular weight excluding hydrogens is 348 g/mol. The first kappa shape index (κ1) is 20.1. The maximum atomic E-state index is 12.6. The molecule has 0 atom stereocenters. The lowest BCUT2D eigenvalue weighted by Crippen LogP contribution is -2.30. The number of rotatable bonds is 7. The molecule has 0 saturated heterocycles. The van der Waals surface area contributed by atoms with E-state index in [4.69, 9.17) is 14.2 Å². The highest BCUT2D eigenvalue weighted by Gasteiger charge is 2.17. The molecular formula is C20H24N2O5. The van der Waals surface area contributed by atoms with Crippen LogP contribution in [0.25, 0.3) is 0 Å². The van der Waals surface area contributed by atoms with Gasteiger partial charge in [-0.1, -0.05) is 6.07 Å². The van der Waals surface area contributed by atoms with Crippen molar-refractivity contribution in [1.82, 2.24) is 5.32 Å². The summed E-state index contributed by atoms with van der Waals surface area (Å²) >= 11 is 0. The van der Waals surface area contributed by atoms with Gasteiger partial charge in [0.25, 0.3) is 11.8 Å². The molecule has 0 spiro atoms.